The minimum atomic E-state index is 0.0984. The van der Waals surface area contributed by atoms with Gasteiger partial charge in [0.05, 0.1) is 20.3 Å². The molecule has 0 radical (unpaired) electrons. The third-order valence-corrected chi connectivity index (χ3v) is 6.20. The third kappa shape index (κ3) is 2.86. The number of carbonyl (C=O) groups excluding carboxylic acids is 1. The van der Waals surface area contributed by atoms with Crippen LogP contribution in [0.15, 0.2) is 42.5 Å². The second-order valence-corrected chi connectivity index (χ2v) is 7.60. The molecule has 2 aromatic carbocycles. The molecule has 2 heterocycles. The van der Waals surface area contributed by atoms with Crippen molar-refractivity contribution in [3.05, 3.63) is 59.2 Å². The maximum Gasteiger partial charge on any atom is 0.282 e. The standard InChI is InChI=1S/C20H21NO3S/c1-23-16-11-14-8-9-21-19(15(14)12-17(16)24-2)18(25-20(21)22)10-13-6-4-3-5-7-13/h3-7,11-12,18-19H,8-10H2,1-2H3/t18-,19+/m0/s1. The first-order chi connectivity index (χ1) is 12.2. The highest BCUT2D eigenvalue weighted by Gasteiger charge is 2.44. The molecule has 0 spiro atoms. The van der Waals surface area contributed by atoms with Crippen molar-refractivity contribution in [2.45, 2.75) is 24.1 Å². The third-order valence-electron chi connectivity index (χ3n) is 5.04. The molecule has 25 heavy (non-hydrogen) atoms. The zero-order valence-corrected chi connectivity index (χ0v) is 15.2. The minimum Gasteiger partial charge on any atom is -0.493 e. The van der Waals surface area contributed by atoms with Crippen LogP contribution < -0.4 is 9.47 Å². The molecule has 1 amide bonds. The smallest absolute Gasteiger partial charge is 0.282 e. The van der Waals surface area contributed by atoms with E-state index in [1.807, 2.05) is 11.0 Å². The molecular formula is C20H21NO3S. The van der Waals surface area contributed by atoms with Crippen LogP contribution in [-0.4, -0.2) is 36.2 Å². The lowest BCUT2D eigenvalue weighted by molar-refractivity contribution is 0.200. The maximum absolute atomic E-state index is 12.5. The van der Waals surface area contributed by atoms with Gasteiger partial charge in [-0.1, -0.05) is 42.1 Å². The number of benzene rings is 2. The molecular weight excluding hydrogens is 334 g/mol. The van der Waals surface area contributed by atoms with Gasteiger partial charge >= 0.3 is 0 Å². The molecule has 1 fully saturated rings. The zero-order valence-electron chi connectivity index (χ0n) is 14.4. The molecule has 2 atom stereocenters. The number of hydrogen-bond acceptors (Lipinski definition) is 4. The lowest BCUT2D eigenvalue weighted by Crippen LogP contribution is -2.36. The van der Waals surface area contributed by atoms with Gasteiger partial charge in [-0.2, -0.15) is 0 Å². The Morgan fingerprint density at radius 1 is 1.12 bits per heavy atom. The second kappa shape index (κ2) is 6.64. The van der Waals surface area contributed by atoms with Gasteiger partial charge in [0.25, 0.3) is 5.24 Å². The van der Waals surface area contributed by atoms with Crippen LogP contribution in [0.4, 0.5) is 4.79 Å². The molecule has 4 rings (SSSR count). The van der Waals surface area contributed by atoms with Crippen LogP contribution in [0.3, 0.4) is 0 Å². The average molecular weight is 355 g/mol. The summed E-state index contributed by atoms with van der Waals surface area (Å²) in [5.74, 6) is 1.48. The van der Waals surface area contributed by atoms with Crippen molar-refractivity contribution in [1.29, 1.82) is 0 Å². The quantitative estimate of drug-likeness (QED) is 0.828. The van der Waals surface area contributed by atoms with Gasteiger partial charge in [-0.3, -0.25) is 4.79 Å². The summed E-state index contributed by atoms with van der Waals surface area (Å²) in [6.45, 7) is 0.768. The second-order valence-electron chi connectivity index (χ2n) is 6.41. The zero-order chi connectivity index (χ0) is 17.4. The highest BCUT2D eigenvalue weighted by Crippen LogP contribution is 2.48. The van der Waals surface area contributed by atoms with E-state index in [2.05, 4.69) is 36.4 Å². The summed E-state index contributed by atoms with van der Waals surface area (Å²) < 4.78 is 10.9. The lowest BCUT2D eigenvalue weighted by atomic mass is 9.88. The molecule has 2 aromatic rings. The Hall–Kier alpha value is -2.14. The molecule has 2 aliphatic heterocycles. The van der Waals surface area contributed by atoms with E-state index < -0.39 is 0 Å². The van der Waals surface area contributed by atoms with Crippen molar-refractivity contribution in [2.75, 3.05) is 20.8 Å². The number of methoxy groups -OCH3 is 2. The van der Waals surface area contributed by atoms with E-state index in [0.29, 0.717) is 0 Å². The summed E-state index contributed by atoms with van der Waals surface area (Å²) in [7, 11) is 3.31. The Morgan fingerprint density at radius 2 is 1.84 bits per heavy atom. The molecule has 0 saturated carbocycles. The molecule has 1 saturated heterocycles. The number of carbonyl (C=O) groups is 1. The highest BCUT2D eigenvalue weighted by atomic mass is 32.2. The predicted octanol–water partition coefficient (Wildman–Crippen LogP) is 4.08. The summed E-state index contributed by atoms with van der Waals surface area (Å²) in [5, 5.41) is 0.401. The maximum atomic E-state index is 12.5. The van der Waals surface area contributed by atoms with E-state index in [4.69, 9.17) is 9.47 Å². The number of hydrogen-bond donors (Lipinski definition) is 0. The normalized spacial score (nSPS) is 21.7. The SMILES string of the molecule is COc1cc2c(cc1OC)[C@@H]1[C@H](Cc3ccccc3)SC(=O)N1CC2. The Kier molecular flexibility index (Phi) is 4.34. The average Bonchev–Trinajstić information content (AvgIpc) is 2.97. The first-order valence-electron chi connectivity index (χ1n) is 8.47. The number of amides is 1. The van der Waals surface area contributed by atoms with Crippen LogP contribution in [0.5, 0.6) is 11.5 Å². The van der Waals surface area contributed by atoms with Crippen molar-refractivity contribution < 1.29 is 14.3 Å². The van der Waals surface area contributed by atoms with Crippen molar-refractivity contribution >= 4 is 17.0 Å². The van der Waals surface area contributed by atoms with Crippen molar-refractivity contribution in [2.24, 2.45) is 0 Å². The monoisotopic (exact) mass is 355 g/mol. The topological polar surface area (TPSA) is 38.8 Å². The summed E-state index contributed by atoms with van der Waals surface area (Å²) in [6, 6.07) is 14.6. The van der Waals surface area contributed by atoms with Crippen LogP contribution in [0.25, 0.3) is 0 Å². The van der Waals surface area contributed by atoms with Gasteiger partial charge in [-0.15, -0.1) is 0 Å². The van der Waals surface area contributed by atoms with Gasteiger partial charge in [-0.25, -0.2) is 0 Å². The van der Waals surface area contributed by atoms with E-state index in [1.165, 1.54) is 28.5 Å². The van der Waals surface area contributed by atoms with Crippen LogP contribution in [0.2, 0.25) is 0 Å². The van der Waals surface area contributed by atoms with Crippen molar-refractivity contribution in [3.63, 3.8) is 0 Å². The van der Waals surface area contributed by atoms with Crippen LogP contribution in [-0.2, 0) is 12.8 Å². The van der Waals surface area contributed by atoms with Crippen LogP contribution in [0, 0.1) is 0 Å². The summed E-state index contributed by atoms with van der Waals surface area (Å²) in [4.78, 5) is 14.5. The van der Waals surface area contributed by atoms with Gasteiger partial charge in [0, 0.05) is 11.8 Å². The van der Waals surface area contributed by atoms with Gasteiger partial charge in [0.1, 0.15) is 0 Å². The fraction of sp³-hybridized carbons (Fsp3) is 0.350. The van der Waals surface area contributed by atoms with Crippen LogP contribution in [0.1, 0.15) is 22.7 Å². The number of nitrogens with zero attached hydrogens (tertiary/aromatic N) is 1. The first-order valence-corrected chi connectivity index (χ1v) is 9.35. The van der Waals surface area contributed by atoms with Gasteiger partial charge in [0.2, 0.25) is 0 Å². The Bertz CT molecular complexity index is 793. The largest absolute Gasteiger partial charge is 0.493 e. The minimum absolute atomic E-state index is 0.0984. The molecule has 0 aromatic heterocycles. The summed E-state index contributed by atoms with van der Waals surface area (Å²) in [5.41, 5.74) is 3.72. The van der Waals surface area contributed by atoms with Gasteiger partial charge in [-0.05, 0) is 41.7 Å². The molecule has 130 valence electrons. The molecule has 0 unspecified atom stereocenters. The van der Waals surface area contributed by atoms with Gasteiger partial charge < -0.3 is 14.4 Å². The molecule has 2 aliphatic rings. The Balaban J connectivity index is 1.73. The summed E-state index contributed by atoms with van der Waals surface area (Å²) in [6.07, 6.45) is 1.74. The van der Waals surface area contributed by atoms with Crippen molar-refractivity contribution in [3.8, 4) is 11.5 Å². The molecule has 5 heteroatoms. The first kappa shape index (κ1) is 16.3. The van der Waals surface area contributed by atoms with Crippen LogP contribution >= 0.6 is 11.8 Å². The number of fused-ring (bicyclic) bond motifs is 3. The van der Waals surface area contributed by atoms with E-state index in [9.17, 15) is 4.79 Å². The van der Waals surface area contributed by atoms with Gasteiger partial charge in [0.15, 0.2) is 11.5 Å². The fourth-order valence-electron chi connectivity index (χ4n) is 3.84. The molecule has 0 N–H and O–H groups in total. The number of rotatable bonds is 4. The highest BCUT2D eigenvalue weighted by molar-refractivity contribution is 8.14. The molecule has 0 aliphatic carbocycles. The lowest BCUT2D eigenvalue weighted by Gasteiger charge is -2.34. The Labute approximate surface area is 152 Å². The fourth-order valence-corrected chi connectivity index (χ4v) is 5.14. The molecule has 4 nitrogen and oxygen atoms in total. The van der Waals surface area contributed by atoms with E-state index in [1.54, 1.807) is 14.2 Å². The number of thioether (sulfide) groups is 1. The summed E-state index contributed by atoms with van der Waals surface area (Å²) >= 11 is 1.47. The molecule has 0 bridgehead atoms. The number of ether oxygens (including phenoxy) is 2. The van der Waals surface area contributed by atoms with E-state index in [-0.39, 0.29) is 16.5 Å². The van der Waals surface area contributed by atoms with E-state index in [0.717, 1.165) is 30.9 Å². The predicted molar refractivity (Wildman–Crippen MR) is 99.6 cm³/mol. The Morgan fingerprint density at radius 3 is 2.56 bits per heavy atom. The van der Waals surface area contributed by atoms with E-state index >= 15 is 0 Å². The van der Waals surface area contributed by atoms with Crippen molar-refractivity contribution in [1.82, 2.24) is 4.90 Å².